The zero-order valence-electron chi connectivity index (χ0n) is 18.4. The first-order chi connectivity index (χ1) is 15.4. The van der Waals surface area contributed by atoms with Gasteiger partial charge in [-0.25, -0.2) is 8.42 Å². The second kappa shape index (κ2) is 9.27. The van der Waals surface area contributed by atoms with Gasteiger partial charge in [0.2, 0.25) is 10.0 Å². The zero-order chi connectivity index (χ0) is 22.7. The molecular formula is C26H28N2O3S. The lowest BCUT2D eigenvalue weighted by atomic mass is 9.99. The van der Waals surface area contributed by atoms with Crippen LogP contribution in [0.2, 0.25) is 0 Å². The van der Waals surface area contributed by atoms with Crippen LogP contribution in [0.1, 0.15) is 40.9 Å². The number of benzene rings is 3. The largest absolute Gasteiger partial charge is 0.334 e. The molecule has 0 saturated carbocycles. The zero-order valence-corrected chi connectivity index (χ0v) is 19.3. The van der Waals surface area contributed by atoms with Gasteiger partial charge in [-0.2, -0.15) is 4.31 Å². The molecule has 1 aliphatic heterocycles. The molecule has 0 N–H and O–H groups in total. The molecule has 0 spiro atoms. The first kappa shape index (κ1) is 22.2. The highest BCUT2D eigenvalue weighted by atomic mass is 32.2. The molecule has 1 heterocycles. The smallest absolute Gasteiger partial charge is 0.254 e. The van der Waals surface area contributed by atoms with Gasteiger partial charge in [-0.15, -0.1) is 0 Å². The maximum absolute atomic E-state index is 13.3. The quantitative estimate of drug-likeness (QED) is 0.559. The molecule has 1 aliphatic rings. The topological polar surface area (TPSA) is 57.7 Å². The van der Waals surface area contributed by atoms with Crippen molar-refractivity contribution in [3.63, 3.8) is 0 Å². The van der Waals surface area contributed by atoms with E-state index in [0.29, 0.717) is 25.2 Å². The second-order valence-corrected chi connectivity index (χ2v) is 10.3. The van der Waals surface area contributed by atoms with E-state index >= 15 is 0 Å². The van der Waals surface area contributed by atoms with Crippen LogP contribution in [-0.2, 0) is 29.5 Å². The van der Waals surface area contributed by atoms with E-state index in [2.05, 4.69) is 12.1 Å². The van der Waals surface area contributed by atoms with Gasteiger partial charge < -0.3 is 4.90 Å². The van der Waals surface area contributed by atoms with Crippen molar-refractivity contribution >= 4 is 15.9 Å². The first-order valence-corrected chi connectivity index (χ1v) is 12.3. The highest BCUT2D eigenvalue weighted by molar-refractivity contribution is 7.89. The van der Waals surface area contributed by atoms with Crippen LogP contribution in [0.5, 0.6) is 0 Å². The van der Waals surface area contributed by atoms with Crippen molar-refractivity contribution < 1.29 is 13.2 Å². The number of nitrogens with zero attached hydrogens (tertiary/aromatic N) is 2. The second-order valence-electron chi connectivity index (χ2n) is 8.40. The summed E-state index contributed by atoms with van der Waals surface area (Å²) in [6.07, 6.45) is 0.831. The summed E-state index contributed by atoms with van der Waals surface area (Å²) in [5.41, 5.74) is 3.88. The van der Waals surface area contributed by atoms with Gasteiger partial charge in [0.05, 0.1) is 4.90 Å². The monoisotopic (exact) mass is 448 g/mol. The Morgan fingerprint density at radius 3 is 2.19 bits per heavy atom. The first-order valence-electron chi connectivity index (χ1n) is 10.9. The number of carbonyl (C=O) groups excluding carboxylic acids is 1. The SMILES string of the molecule is CC(C)N(Cc1ccccc1)S(=O)(=O)c1ccc(C(=O)N2CCc3ccccc3C2)cc1. The van der Waals surface area contributed by atoms with Gasteiger partial charge in [0.1, 0.15) is 0 Å². The molecule has 0 radical (unpaired) electrons. The Balaban J connectivity index is 1.52. The van der Waals surface area contributed by atoms with Gasteiger partial charge in [0.25, 0.3) is 5.91 Å². The molecule has 3 aromatic carbocycles. The predicted octanol–water partition coefficient (Wildman–Crippen LogP) is 4.48. The lowest BCUT2D eigenvalue weighted by molar-refractivity contribution is 0.0734. The Bertz CT molecular complexity index is 1190. The summed E-state index contributed by atoms with van der Waals surface area (Å²) in [6, 6.07) is 23.9. The molecule has 6 heteroatoms. The van der Waals surface area contributed by atoms with Gasteiger partial charge >= 0.3 is 0 Å². The molecule has 166 valence electrons. The van der Waals surface area contributed by atoms with E-state index < -0.39 is 10.0 Å². The van der Waals surface area contributed by atoms with E-state index in [1.54, 1.807) is 24.3 Å². The predicted molar refractivity (Wildman–Crippen MR) is 126 cm³/mol. The normalized spacial score (nSPS) is 13.9. The van der Waals surface area contributed by atoms with Crippen molar-refractivity contribution in [2.75, 3.05) is 6.54 Å². The minimum Gasteiger partial charge on any atom is -0.334 e. The summed E-state index contributed by atoms with van der Waals surface area (Å²) in [5, 5.41) is 0. The highest BCUT2D eigenvalue weighted by Gasteiger charge is 2.28. The summed E-state index contributed by atoms with van der Waals surface area (Å²) in [4.78, 5) is 15.0. The Morgan fingerprint density at radius 1 is 0.906 bits per heavy atom. The molecule has 4 rings (SSSR count). The number of amides is 1. The van der Waals surface area contributed by atoms with Crippen LogP contribution in [0, 0.1) is 0 Å². The standard InChI is InChI=1S/C26H28N2O3S/c1-20(2)28(18-21-8-4-3-5-9-21)32(30,31)25-14-12-23(13-15-25)26(29)27-17-16-22-10-6-7-11-24(22)19-27/h3-15,20H,16-19H2,1-2H3. The van der Waals surface area contributed by atoms with Crippen molar-refractivity contribution in [3.05, 3.63) is 101 Å². The van der Waals surface area contributed by atoms with Crippen LogP contribution in [-0.4, -0.2) is 36.1 Å². The average Bonchev–Trinajstić information content (AvgIpc) is 2.82. The maximum atomic E-state index is 13.3. The Kier molecular flexibility index (Phi) is 6.44. The molecule has 0 aliphatic carbocycles. The fraction of sp³-hybridized carbons (Fsp3) is 0.269. The minimum absolute atomic E-state index is 0.0755. The molecule has 5 nitrogen and oxygen atoms in total. The number of fused-ring (bicyclic) bond motifs is 1. The van der Waals surface area contributed by atoms with Crippen molar-refractivity contribution in [1.82, 2.24) is 9.21 Å². The lowest BCUT2D eigenvalue weighted by Gasteiger charge is -2.29. The fourth-order valence-electron chi connectivity index (χ4n) is 4.06. The van der Waals surface area contributed by atoms with Gasteiger partial charge in [-0.3, -0.25) is 4.79 Å². The van der Waals surface area contributed by atoms with Crippen molar-refractivity contribution in [1.29, 1.82) is 0 Å². The van der Waals surface area contributed by atoms with Gasteiger partial charge in [0.15, 0.2) is 0 Å². The number of hydrogen-bond acceptors (Lipinski definition) is 3. The van der Waals surface area contributed by atoms with E-state index in [9.17, 15) is 13.2 Å². The summed E-state index contributed by atoms with van der Waals surface area (Å²) < 4.78 is 28.1. The van der Waals surface area contributed by atoms with Crippen LogP contribution >= 0.6 is 0 Å². The Morgan fingerprint density at radius 2 is 1.53 bits per heavy atom. The summed E-state index contributed by atoms with van der Waals surface area (Å²) in [7, 11) is -3.70. The number of hydrogen-bond donors (Lipinski definition) is 0. The van der Waals surface area contributed by atoms with E-state index in [4.69, 9.17) is 0 Å². The van der Waals surface area contributed by atoms with E-state index in [1.165, 1.54) is 15.4 Å². The van der Waals surface area contributed by atoms with Crippen molar-refractivity contribution in [3.8, 4) is 0 Å². The summed E-state index contributed by atoms with van der Waals surface area (Å²) >= 11 is 0. The van der Waals surface area contributed by atoms with Gasteiger partial charge in [-0.1, -0.05) is 54.6 Å². The van der Waals surface area contributed by atoms with Crippen LogP contribution in [0.15, 0.2) is 83.8 Å². The van der Waals surface area contributed by atoms with Crippen LogP contribution in [0.25, 0.3) is 0 Å². The Hall–Kier alpha value is -2.96. The maximum Gasteiger partial charge on any atom is 0.254 e. The highest BCUT2D eigenvalue weighted by Crippen LogP contribution is 2.24. The molecule has 3 aromatic rings. The van der Waals surface area contributed by atoms with Gasteiger partial charge in [-0.05, 0) is 61.2 Å². The van der Waals surface area contributed by atoms with E-state index in [-0.39, 0.29) is 16.8 Å². The average molecular weight is 449 g/mol. The third-order valence-corrected chi connectivity index (χ3v) is 7.92. The minimum atomic E-state index is -3.70. The molecule has 0 fully saturated rings. The van der Waals surface area contributed by atoms with E-state index in [1.807, 2.05) is 61.2 Å². The molecule has 1 amide bonds. The van der Waals surface area contributed by atoms with Crippen LogP contribution in [0.3, 0.4) is 0 Å². The molecule has 32 heavy (non-hydrogen) atoms. The third kappa shape index (κ3) is 4.61. The molecule has 0 atom stereocenters. The lowest BCUT2D eigenvalue weighted by Crippen LogP contribution is -2.37. The third-order valence-electron chi connectivity index (χ3n) is 5.88. The molecular weight excluding hydrogens is 420 g/mol. The number of rotatable bonds is 6. The summed E-state index contributed by atoms with van der Waals surface area (Å²) in [6.45, 7) is 5.27. The van der Waals surface area contributed by atoms with Crippen molar-refractivity contribution in [2.24, 2.45) is 0 Å². The fourth-order valence-corrected chi connectivity index (χ4v) is 5.69. The number of carbonyl (C=O) groups is 1. The Labute approximate surface area is 190 Å². The number of sulfonamides is 1. The molecule has 0 unspecified atom stereocenters. The molecule has 0 aromatic heterocycles. The van der Waals surface area contributed by atoms with Gasteiger partial charge in [0, 0.05) is 31.2 Å². The molecule has 0 saturated heterocycles. The van der Waals surface area contributed by atoms with Crippen LogP contribution < -0.4 is 0 Å². The van der Waals surface area contributed by atoms with Crippen molar-refractivity contribution in [2.45, 2.75) is 44.3 Å². The van der Waals surface area contributed by atoms with Crippen LogP contribution in [0.4, 0.5) is 0 Å². The van der Waals surface area contributed by atoms with E-state index in [0.717, 1.165) is 12.0 Å². The molecule has 0 bridgehead atoms. The summed E-state index contributed by atoms with van der Waals surface area (Å²) in [5.74, 6) is -0.0755.